The first-order valence-electron chi connectivity index (χ1n) is 5.80. The molecule has 2 rings (SSSR count). The maximum atomic E-state index is 10.9. The number of carbonyl (C=O) groups excluding carboxylic acids is 1. The van der Waals surface area contributed by atoms with Gasteiger partial charge < -0.3 is 9.15 Å². The van der Waals surface area contributed by atoms with Crippen LogP contribution in [0.3, 0.4) is 0 Å². The summed E-state index contributed by atoms with van der Waals surface area (Å²) in [6.45, 7) is 3.51. The number of aromatic nitrogens is 1. The van der Waals surface area contributed by atoms with E-state index >= 15 is 0 Å². The van der Waals surface area contributed by atoms with Crippen molar-refractivity contribution in [1.29, 1.82) is 0 Å². The first kappa shape index (κ1) is 13.7. The van der Waals surface area contributed by atoms with Crippen LogP contribution in [-0.2, 0) is 6.61 Å². The molecule has 0 atom stereocenters. The summed E-state index contributed by atoms with van der Waals surface area (Å²) in [5.41, 5.74) is 0.820. The Morgan fingerprint density at radius 2 is 2.20 bits per heavy atom. The normalized spacial score (nSPS) is 10.3. The number of benzene rings is 1. The summed E-state index contributed by atoms with van der Waals surface area (Å²) in [7, 11) is 0. The van der Waals surface area contributed by atoms with E-state index in [1.807, 2.05) is 0 Å². The highest BCUT2D eigenvalue weighted by Crippen LogP contribution is 2.28. The molecule has 7 heteroatoms. The number of nitro groups is 1. The second kappa shape index (κ2) is 5.52. The van der Waals surface area contributed by atoms with Gasteiger partial charge in [0, 0.05) is 11.6 Å². The minimum absolute atomic E-state index is 0.00751. The Hall–Kier alpha value is -2.70. The fourth-order valence-electron chi connectivity index (χ4n) is 1.61. The molecule has 0 spiro atoms. The number of oxazole rings is 1. The lowest BCUT2D eigenvalue weighted by atomic mass is 10.2. The van der Waals surface area contributed by atoms with Crippen LogP contribution in [0.4, 0.5) is 5.69 Å². The van der Waals surface area contributed by atoms with Crippen molar-refractivity contribution in [2.24, 2.45) is 0 Å². The Morgan fingerprint density at radius 3 is 2.75 bits per heavy atom. The molecule has 0 amide bonds. The molecular formula is C13H12N2O5. The lowest BCUT2D eigenvalue weighted by Crippen LogP contribution is -2.00. The number of hydrogen-bond donors (Lipinski definition) is 0. The third-order valence-electron chi connectivity index (χ3n) is 2.74. The van der Waals surface area contributed by atoms with Gasteiger partial charge in [0.15, 0.2) is 12.4 Å². The number of hydrogen-bond acceptors (Lipinski definition) is 6. The van der Waals surface area contributed by atoms with Crippen molar-refractivity contribution < 1.29 is 18.9 Å². The molecule has 0 aliphatic heterocycles. The van der Waals surface area contributed by atoms with Gasteiger partial charge in [-0.15, -0.1) is 0 Å². The summed E-state index contributed by atoms with van der Waals surface area (Å²) in [5.74, 6) is 0.999. The van der Waals surface area contributed by atoms with E-state index in [2.05, 4.69) is 4.98 Å². The zero-order valence-corrected chi connectivity index (χ0v) is 11.0. The summed E-state index contributed by atoms with van der Waals surface area (Å²) in [5, 5.41) is 10.9. The molecule has 1 heterocycles. The minimum Gasteiger partial charge on any atom is -0.477 e. The summed E-state index contributed by atoms with van der Waals surface area (Å²) < 4.78 is 10.7. The Balaban J connectivity index is 2.23. The predicted octanol–water partition coefficient (Wildman–Crippen LogP) is 2.59. The molecule has 1 aromatic carbocycles. The summed E-state index contributed by atoms with van der Waals surface area (Å²) in [6.07, 6.45) is 0.593. The predicted molar refractivity (Wildman–Crippen MR) is 68.8 cm³/mol. The SMILES string of the molecule is Cc1nc(COc2cc(C=O)ccc2[N+](=O)[O-])oc1C. The lowest BCUT2D eigenvalue weighted by Gasteiger charge is -2.05. The smallest absolute Gasteiger partial charge is 0.310 e. The monoisotopic (exact) mass is 276 g/mol. The highest BCUT2D eigenvalue weighted by atomic mass is 16.6. The van der Waals surface area contributed by atoms with Crippen molar-refractivity contribution in [3.05, 3.63) is 51.2 Å². The molecule has 0 aliphatic carbocycles. The van der Waals surface area contributed by atoms with Gasteiger partial charge in [0.1, 0.15) is 12.0 Å². The number of rotatable bonds is 5. The first-order valence-corrected chi connectivity index (χ1v) is 5.80. The average molecular weight is 276 g/mol. The Bertz CT molecular complexity index is 643. The van der Waals surface area contributed by atoms with E-state index in [1.165, 1.54) is 18.2 Å². The molecule has 0 N–H and O–H groups in total. The maximum absolute atomic E-state index is 10.9. The molecule has 0 unspecified atom stereocenters. The third kappa shape index (κ3) is 2.82. The van der Waals surface area contributed by atoms with Crippen molar-refractivity contribution in [2.45, 2.75) is 20.5 Å². The molecule has 7 nitrogen and oxygen atoms in total. The van der Waals surface area contributed by atoms with E-state index < -0.39 is 4.92 Å². The fraction of sp³-hybridized carbons (Fsp3) is 0.231. The van der Waals surface area contributed by atoms with Gasteiger partial charge in [-0.05, 0) is 26.0 Å². The summed E-state index contributed by atoms with van der Waals surface area (Å²) >= 11 is 0. The zero-order chi connectivity index (χ0) is 14.7. The van der Waals surface area contributed by atoms with Gasteiger partial charge in [0.05, 0.1) is 10.6 Å². The van der Waals surface area contributed by atoms with Crippen LogP contribution in [0.5, 0.6) is 5.75 Å². The maximum Gasteiger partial charge on any atom is 0.310 e. The molecule has 104 valence electrons. The van der Waals surface area contributed by atoms with Crippen molar-refractivity contribution in [3.8, 4) is 5.75 Å². The summed E-state index contributed by atoms with van der Waals surface area (Å²) in [6, 6.07) is 3.90. The fourth-order valence-corrected chi connectivity index (χ4v) is 1.61. The van der Waals surface area contributed by atoms with Crippen LogP contribution in [0.25, 0.3) is 0 Å². The first-order chi connectivity index (χ1) is 9.51. The van der Waals surface area contributed by atoms with Crippen LogP contribution < -0.4 is 4.74 Å². The topological polar surface area (TPSA) is 95.5 Å². The molecule has 0 fully saturated rings. The molecule has 2 aromatic rings. The van der Waals surface area contributed by atoms with Crippen molar-refractivity contribution in [3.63, 3.8) is 0 Å². The average Bonchev–Trinajstić information content (AvgIpc) is 2.75. The standard InChI is InChI=1S/C13H12N2O5/c1-8-9(2)20-13(14-8)7-19-12-5-10(6-16)3-4-11(12)15(17)18/h3-6H,7H2,1-2H3. The van der Waals surface area contributed by atoms with Crippen LogP contribution in [0.1, 0.15) is 27.7 Å². The van der Waals surface area contributed by atoms with Gasteiger partial charge >= 0.3 is 5.69 Å². The Labute approximate surface area is 114 Å². The highest BCUT2D eigenvalue weighted by Gasteiger charge is 2.17. The molecule has 0 bridgehead atoms. The van der Waals surface area contributed by atoms with Crippen molar-refractivity contribution >= 4 is 12.0 Å². The second-order valence-corrected chi connectivity index (χ2v) is 4.14. The van der Waals surface area contributed by atoms with Crippen LogP contribution in [0.15, 0.2) is 22.6 Å². The molecule has 1 aromatic heterocycles. The largest absolute Gasteiger partial charge is 0.477 e. The number of aryl methyl sites for hydroxylation is 2. The van der Waals surface area contributed by atoms with Crippen LogP contribution in [0, 0.1) is 24.0 Å². The quantitative estimate of drug-likeness (QED) is 0.473. The number of carbonyl (C=O) groups is 1. The van der Waals surface area contributed by atoms with Crippen LogP contribution >= 0.6 is 0 Å². The van der Waals surface area contributed by atoms with E-state index in [4.69, 9.17) is 9.15 Å². The highest BCUT2D eigenvalue weighted by molar-refractivity contribution is 5.76. The molecule has 0 saturated heterocycles. The lowest BCUT2D eigenvalue weighted by molar-refractivity contribution is -0.386. The molecular weight excluding hydrogens is 264 g/mol. The van der Waals surface area contributed by atoms with E-state index in [1.54, 1.807) is 13.8 Å². The second-order valence-electron chi connectivity index (χ2n) is 4.14. The van der Waals surface area contributed by atoms with Gasteiger partial charge in [0.25, 0.3) is 0 Å². The van der Waals surface area contributed by atoms with Gasteiger partial charge in [-0.3, -0.25) is 14.9 Å². The zero-order valence-electron chi connectivity index (χ0n) is 11.0. The van der Waals surface area contributed by atoms with E-state index in [0.29, 0.717) is 23.5 Å². The number of nitro benzene ring substituents is 1. The number of nitrogens with zero attached hydrogens (tertiary/aromatic N) is 2. The van der Waals surface area contributed by atoms with Crippen LogP contribution in [0.2, 0.25) is 0 Å². The Morgan fingerprint density at radius 1 is 1.45 bits per heavy atom. The molecule has 0 radical (unpaired) electrons. The summed E-state index contributed by atoms with van der Waals surface area (Å²) in [4.78, 5) is 25.1. The van der Waals surface area contributed by atoms with Gasteiger partial charge in [0.2, 0.25) is 5.89 Å². The number of aldehydes is 1. The van der Waals surface area contributed by atoms with Crippen LogP contribution in [-0.4, -0.2) is 16.2 Å². The molecule has 0 saturated carbocycles. The minimum atomic E-state index is -0.573. The Kier molecular flexibility index (Phi) is 3.79. The van der Waals surface area contributed by atoms with Crippen molar-refractivity contribution in [2.75, 3.05) is 0 Å². The molecule has 20 heavy (non-hydrogen) atoms. The van der Waals surface area contributed by atoms with Crippen molar-refractivity contribution in [1.82, 2.24) is 4.98 Å². The van der Waals surface area contributed by atoms with Gasteiger partial charge in [-0.1, -0.05) is 0 Å². The van der Waals surface area contributed by atoms with Gasteiger partial charge in [-0.25, -0.2) is 4.98 Å². The van der Waals surface area contributed by atoms with E-state index in [-0.39, 0.29) is 18.0 Å². The van der Waals surface area contributed by atoms with E-state index in [0.717, 1.165) is 5.69 Å². The number of ether oxygens (including phenoxy) is 1. The molecule has 0 aliphatic rings. The third-order valence-corrected chi connectivity index (χ3v) is 2.74. The van der Waals surface area contributed by atoms with Gasteiger partial charge in [-0.2, -0.15) is 0 Å². The van der Waals surface area contributed by atoms with E-state index in [9.17, 15) is 14.9 Å².